The SMILES string of the molecule is O=C(Cc1cn2ccsc2n1)N1CCC[C@](CO)(Cc2cccc(Cl)c2)C1. The molecule has 4 rings (SSSR count). The van der Waals surface area contributed by atoms with Crippen LogP contribution in [0.3, 0.4) is 0 Å². The fourth-order valence-electron chi connectivity index (χ4n) is 3.96. The van der Waals surface area contributed by atoms with Gasteiger partial charge in [-0.2, -0.15) is 0 Å². The number of hydrogen-bond acceptors (Lipinski definition) is 4. The van der Waals surface area contributed by atoms with E-state index in [9.17, 15) is 9.90 Å². The van der Waals surface area contributed by atoms with Gasteiger partial charge in [-0.15, -0.1) is 11.3 Å². The van der Waals surface area contributed by atoms with E-state index in [0.717, 1.165) is 35.6 Å². The van der Waals surface area contributed by atoms with Crippen LogP contribution in [0.15, 0.2) is 42.0 Å². The molecule has 0 radical (unpaired) electrons. The van der Waals surface area contributed by atoms with Crippen LogP contribution < -0.4 is 0 Å². The summed E-state index contributed by atoms with van der Waals surface area (Å²) in [6, 6.07) is 7.75. The monoisotopic (exact) mass is 403 g/mol. The maximum atomic E-state index is 12.9. The molecule has 1 fully saturated rings. The second-order valence-corrected chi connectivity index (χ2v) is 8.69. The number of carbonyl (C=O) groups is 1. The van der Waals surface area contributed by atoms with Crippen molar-refractivity contribution in [2.45, 2.75) is 25.7 Å². The standard InChI is InChI=1S/C20H22ClN3O2S/c21-16-4-1-3-15(9-16)11-20(14-25)5-2-6-24(13-20)18(26)10-17-12-23-7-8-27-19(23)22-17/h1,3-4,7-9,12,25H,2,5-6,10-11,13-14H2/t20-/m0/s1. The van der Waals surface area contributed by atoms with E-state index in [4.69, 9.17) is 11.6 Å². The quantitative estimate of drug-likeness (QED) is 0.710. The highest BCUT2D eigenvalue weighted by Crippen LogP contribution is 2.34. The summed E-state index contributed by atoms with van der Waals surface area (Å²) in [5.74, 6) is 0.0735. The first-order chi connectivity index (χ1) is 13.1. The van der Waals surface area contributed by atoms with Gasteiger partial charge in [-0.3, -0.25) is 9.20 Å². The lowest BCUT2D eigenvalue weighted by Crippen LogP contribution is -2.49. The molecule has 3 heterocycles. The number of likely N-dealkylation sites (tertiary alicyclic amines) is 1. The summed E-state index contributed by atoms with van der Waals surface area (Å²) >= 11 is 7.67. The molecule has 1 N–H and O–H groups in total. The molecule has 7 heteroatoms. The first-order valence-electron chi connectivity index (χ1n) is 9.11. The Morgan fingerprint density at radius 2 is 2.30 bits per heavy atom. The summed E-state index contributed by atoms with van der Waals surface area (Å²) in [5, 5.41) is 12.8. The van der Waals surface area contributed by atoms with Crippen molar-refractivity contribution in [1.82, 2.24) is 14.3 Å². The van der Waals surface area contributed by atoms with Gasteiger partial charge in [-0.05, 0) is 37.0 Å². The minimum absolute atomic E-state index is 0.0590. The molecule has 0 bridgehead atoms. The number of amides is 1. The van der Waals surface area contributed by atoms with E-state index >= 15 is 0 Å². The van der Waals surface area contributed by atoms with Gasteiger partial charge in [-0.1, -0.05) is 23.7 Å². The molecule has 0 spiro atoms. The van der Waals surface area contributed by atoms with Gasteiger partial charge in [0.2, 0.25) is 5.91 Å². The van der Waals surface area contributed by atoms with Gasteiger partial charge in [-0.25, -0.2) is 4.98 Å². The third-order valence-electron chi connectivity index (χ3n) is 5.29. The summed E-state index contributed by atoms with van der Waals surface area (Å²) in [6.07, 6.45) is 6.68. The average Bonchev–Trinajstić information content (AvgIpc) is 3.23. The molecular weight excluding hydrogens is 382 g/mol. The molecular formula is C20H22ClN3O2S. The lowest BCUT2D eigenvalue weighted by atomic mass is 9.75. The van der Waals surface area contributed by atoms with Crippen LogP contribution in [-0.4, -0.2) is 45.0 Å². The number of aromatic nitrogens is 2. The van der Waals surface area contributed by atoms with E-state index in [-0.39, 0.29) is 17.9 Å². The predicted molar refractivity (Wildman–Crippen MR) is 107 cm³/mol. The minimum atomic E-state index is -0.312. The number of piperidine rings is 1. The molecule has 3 aromatic rings. The number of imidazole rings is 1. The largest absolute Gasteiger partial charge is 0.396 e. The third kappa shape index (κ3) is 4.03. The minimum Gasteiger partial charge on any atom is -0.396 e. The average molecular weight is 404 g/mol. The Morgan fingerprint density at radius 1 is 1.41 bits per heavy atom. The summed E-state index contributed by atoms with van der Waals surface area (Å²) in [4.78, 5) is 20.2. The number of rotatable bonds is 5. The van der Waals surface area contributed by atoms with Crippen LogP contribution in [0.5, 0.6) is 0 Å². The Bertz CT molecular complexity index is 925. The predicted octanol–water partition coefficient (Wildman–Crippen LogP) is 3.44. The zero-order valence-electron chi connectivity index (χ0n) is 15.0. The van der Waals surface area contributed by atoms with Crippen LogP contribution in [0, 0.1) is 5.41 Å². The molecule has 2 aromatic heterocycles. The van der Waals surface area contributed by atoms with E-state index < -0.39 is 0 Å². The van der Waals surface area contributed by atoms with Gasteiger partial charge in [0.25, 0.3) is 0 Å². The summed E-state index contributed by atoms with van der Waals surface area (Å²) < 4.78 is 1.95. The van der Waals surface area contributed by atoms with Crippen LogP contribution in [0.1, 0.15) is 24.1 Å². The van der Waals surface area contributed by atoms with E-state index in [1.807, 2.05) is 51.3 Å². The van der Waals surface area contributed by atoms with Crippen molar-refractivity contribution in [3.05, 3.63) is 58.3 Å². The normalized spacial score (nSPS) is 20.3. The fraction of sp³-hybridized carbons (Fsp3) is 0.400. The Kier molecular flexibility index (Phi) is 5.21. The zero-order valence-corrected chi connectivity index (χ0v) is 16.5. The molecule has 27 heavy (non-hydrogen) atoms. The van der Waals surface area contributed by atoms with Gasteiger partial charge in [0.1, 0.15) is 0 Å². The van der Waals surface area contributed by atoms with Gasteiger partial charge in [0.05, 0.1) is 18.7 Å². The van der Waals surface area contributed by atoms with Crippen molar-refractivity contribution >= 4 is 33.8 Å². The fourth-order valence-corrected chi connectivity index (χ4v) is 4.89. The Hall–Kier alpha value is -1.89. The van der Waals surface area contributed by atoms with Crippen molar-refractivity contribution in [3.8, 4) is 0 Å². The Morgan fingerprint density at radius 3 is 3.07 bits per heavy atom. The van der Waals surface area contributed by atoms with Crippen LogP contribution in [0.2, 0.25) is 5.02 Å². The van der Waals surface area contributed by atoms with Gasteiger partial charge >= 0.3 is 0 Å². The molecule has 1 saturated heterocycles. The first-order valence-corrected chi connectivity index (χ1v) is 10.4. The molecule has 0 saturated carbocycles. The van der Waals surface area contributed by atoms with Crippen LogP contribution in [0.4, 0.5) is 0 Å². The number of hydrogen-bond donors (Lipinski definition) is 1. The van der Waals surface area contributed by atoms with Crippen molar-refractivity contribution in [2.24, 2.45) is 5.41 Å². The number of carbonyl (C=O) groups excluding carboxylic acids is 1. The summed E-state index contributed by atoms with van der Waals surface area (Å²) in [7, 11) is 0. The molecule has 1 atom stereocenters. The maximum absolute atomic E-state index is 12.9. The topological polar surface area (TPSA) is 57.8 Å². The Labute approximate surface area is 167 Å². The Balaban J connectivity index is 1.46. The van der Waals surface area contributed by atoms with E-state index in [1.165, 1.54) is 0 Å². The molecule has 0 unspecified atom stereocenters. The van der Waals surface area contributed by atoms with Crippen molar-refractivity contribution in [1.29, 1.82) is 0 Å². The second kappa shape index (κ2) is 7.62. The molecule has 1 aromatic carbocycles. The number of halogens is 1. The summed E-state index contributed by atoms with van der Waals surface area (Å²) in [6.45, 7) is 1.36. The van der Waals surface area contributed by atoms with Crippen molar-refractivity contribution in [3.63, 3.8) is 0 Å². The van der Waals surface area contributed by atoms with Crippen LogP contribution in [-0.2, 0) is 17.6 Å². The third-order valence-corrected chi connectivity index (χ3v) is 6.30. The molecule has 0 aliphatic carbocycles. The van der Waals surface area contributed by atoms with Gasteiger partial charge < -0.3 is 10.0 Å². The van der Waals surface area contributed by atoms with E-state index in [1.54, 1.807) is 11.3 Å². The van der Waals surface area contributed by atoms with Crippen LogP contribution in [0.25, 0.3) is 4.96 Å². The highest BCUT2D eigenvalue weighted by molar-refractivity contribution is 7.15. The van der Waals surface area contributed by atoms with Crippen LogP contribution >= 0.6 is 22.9 Å². The molecule has 5 nitrogen and oxygen atoms in total. The smallest absolute Gasteiger partial charge is 0.228 e. The van der Waals surface area contributed by atoms with Gasteiger partial charge in [0, 0.05) is 41.3 Å². The lowest BCUT2D eigenvalue weighted by Gasteiger charge is -2.42. The number of fused-ring (bicyclic) bond motifs is 1. The zero-order chi connectivity index (χ0) is 18.9. The van der Waals surface area contributed by atoms with Gasteiger partial charge in [0.15, 0.2) is 4.96 Å². The van der Waals surface area contributed by atoms with Crippen molar-refractivity contribution < 1.29 is 9.90 Å². The molecule has 1 amide bonds. The second-order valence-electron chi connectivity index (χ2n) is 7.39. The number of benzene rings is 1. The molecule has 1 aliphatic heterocycles. The lowest BCUT2D eigenvalue weighted by molar-refractivity contribution is -0.134. The number of nitrogens with zero attached hydrogens (tertiary/aromatic N) is 3. The van der Waals surface area contributed by atoms with E-state index in [2.05, 4.69) is 4.98 Å². The first kappa shape index (κ1) is 18.5. The maximum Gasteiger partial charge on any atom is 0.228 e. The highest BCUT2D eigenvalue weighted by Gasteiger charge is 2.37. The molecule has 142 valence electrons. The molecule has 1 aliphatic rings. The number of aliphatic hydroxyl groups excluding tert-OH is 1. The number of aliphatic hydroxyl groups is 1. The summed E-state index contributed by atoms with van der Waals surface area (Å²) in [5.41, 5.74) is 1.58. The number of thiazole rings is 1. The van der Waals surface area contributed by atoms with Crippen molar-refractivity contribution in [2.75, 3.05) is 19.7 Å². The van der Waals surface area contributed by atoms with E-state index in [0.29, 0.717) is 24.4 Å². The highest BCUT2D eigenvalue weighted by atomic mass is 35.5.